The summed E-state index contributed by atoms with van der Waals surface area (Å²) in [5.74, 6) is 0.836. The van der Waals surface area contributed by atoms with E-state index in [1.807, 2.05) is 13.8 Å². The number of nitrogens with one attached hydrogen (secondary N) is 1. The first-order valence-electron chi connectivity index (χ1n) is 10.2. The number of halogens is 2. The molecule has 8 heteroatoms. The first kappa shape index (κ1) is 21.7. The fraction of sp³-hybridized carbons (Fsp3) is 0.571. The van der Waals surface area contributed by atoms with Crippen molar-refractivity contribution in [3.05, 3.63) is 41.7 Å². The van der Waals surface area contributed by atoms with Gasteiger partial charge in [0.05, 0.1) is 0 Å². The lowest BCUT2D eigenvalue weighted by Crippen LogP contribution is -2.53. The van der Waals surface area contributed by atoms with Gasteiger partial charge in [0.25, 0.3) is 5.91 Å². The molecule has 1 aromatic heterocycles. The lowest BCUT2D eigenvalue weighted by molar-refractivity contribution is 0.0747. The van der Waals surface area contributed by atoms with Crippen molar-refractivity contribution in [1.82, 2.24) is 20.1 Å². The molecule has 2 bridgehead atoms. The molecule has 0 aliphatic heterocycles. The van der Waals surface area contributed by atoms with Gasteiger partial charge in [0.15, 0.2) is 0 Å². The van der Waals surface area contributed by atoms with Crippen LogP contribution in [0.25, 0.3) is 5.69 Å². The Labute approximate surface area is 176 Å². The summed E-state index contributed by atoms with van der Waals surface area (Å²) in [6.07, 6.45) is 5.31. The summed E-state index contributed by atoms with van der Waals surface area (Å²) in [5, 5.41) is 7.54. The molecule has 2 aromatic rings. The van der Waals surface area contributed by atoms with Gasteiger partial charge in [0, 0.05) is 18.0 Å². The Morgan fingerprint density at radius 2 is 1.90 bits per heavy atom. The van der Waals surface area contributed by atoms with E-state index in [9.17, 15) is 9.18 Å². The molecule has 1 aromatic carbocycles. The first-order chi connectivity index (χ1) is 13.4. The quantitative estimate of drug-likeness (QED) is 0.789. The van der Waals surface area contributed by atoms with Crippen molar-refractivity contribution in [2.24, 2.45) is 17.6 Å². The number of benzene rings is 1. The number of hydrogen-bond donors (Lipinski definition) is 2. The number of amides is 1. The van der Waals surface area contributed by atoms with Crippen molar-refractivity contribution in [3.8, 4) is 5.69 Å². The van der Waals surface area contributed by atoms with Crippen LogP contribution in [0.4, 0.5) is 4.39 Å². The lowest BCUT2D eigenvalue weighted by atomic mass is 9.67. The highest BCUT2D eigenvalue weighted by Gasteiger charge is 2.40. The summed E-state index contributed by atoms with van der Waals surface area (Å²) in [7, 11) is 0. The molecule has 6 nitrogen and oxygen atoms in total. The molecular weight excluding hydrogens is 393 g/mol. The van der Waals surface area contributed by atoms with E-state index in [0.717, 1.165) is 25.7 Å². The van der Waals surface area contributed by atoms with Gasteiger partial charge in [-0.1, -0.05) is 32.4 Å². The molecule has 0 spiro atoms. The molecule has 2 atom stereocenters. The molecule has 4 rings (SSSR count). The van der Waals surface area contributed by atoms with Gasteiger partial charge in [-0.2, -0.15) is 0 Å². The number of fused-ring (bicyclic) bond motifs is 2. The third kappa shape index (κ3) is 4.31. The van der Waals surface area contributed by atoms with E-state index in [4.69, 9.17) is 5.73 Å². The molecular formula is C21H29ClFN5O. The largest absolute Gasteiger partial charge is 0.346 e. The van der Waals surface area contributed by atoms with Crippen LogP contribution >= 0.6 is 12.4 Å². The van der Waals surface area contributed by atoms with Crippen LogP contribution in [0.3, 0.4) is 0 Å². The molecule has 2 aliphatic rings. The molecule has 2 aliphatic carbocycles. The molecule has 1 heterocycles. The molecule has 0 radical (unpaired) electrons. The van der Waals surface area contributed by atoms with Gasteiger partial charge in [0.1, 0.15) is 17.3 Å². The van der Waals surface area contributed by atoms with Crippen molar-refractivity contribution in [2.75, 3.05) is 0 Å². The minimum atomic E-state index is -0.392. The standard InChI is InChI=1S/C21H28FN5O.ClH/c1-12(2)20-25-19(26-27(20)17-9-4-3-8-16(17)22)21(28)24-18-13-6-5-7-14(18)11-15(23)10-13;/h3-4,8-9,12-15,18H,5-7,10-11,23H2,1-2H3,(H,24,28);1H. The van der Waals surface area contributed by atoms with E-state index in [2.05, 4.69) is 15.4 Å². The summed E-state index contributed by atoms with van der Waals surface area (Å²) < 4.78 is 15.7. The average Bonchev–Trinajstić information content (AvgIpc) is 3.08. The Morgan fingerprint density at radius 1 is 1.24 bits per heavy atom. The van der Waals surface area contributed by atoms with Gasteiger partial charge >= 0.3 is 0 Å². The fourth-order valence-corrected chi connectivity index (χ4v) is 4.84. The number of aromatic nitrogens is 3. The zero-order valence-corrected chi connectivity index (χ0v) is 17.7. The molecule has 2 saturated carbocycles. The summed E-state index contributed by atoms with van der Waals surface area (Å²) in [6, 6.07) is 6.76. The number of carbonyl (C=O) groups is 1. The van der Waals surface area contributed by atoms with Crippen LogP contribution in [0.2, 0.25) is 0 Å². The fourth-order valence-electron chi connectivity index (χ4n) is 4.84. The van der Waals surface area contributed by atoms with Gasteiger partial charge in [-0.05, 0) is 49.7 Å². The Kier molecular flexibility index (Phi) is 6.58. The minimum Gasteiger partial charge on any atom is -0.346 e. The van der Waals surface area contributed by atoms with E-state index in [-0.39, 0.29) is 42.1 Å². The average molecular weight is 422 g/mol. The third-order valence-corrected chi connectivity index (χ3v) is 6.11. The molecule has 1 amide bonds. The van der Waals surface area contributed by atoms with Crippen molar-refractivity contribution < 1.29 is 9.18 Å². The van der Waals surface area contributed by atoms with Crippen molar-refractivity contribution >= 4 is 18.3 Å². The monoisotopic (exact) mass is 421 g/mol. The highest BCUT2D eigenvalue weighted by Crippen LogP contribution is 2.39. The second-order valence-electron chi connectivity index (χ2n) is 8.49. The highest BCUT2D eigenvalue weighted by atomic mass is 35.5. The Morgan fingerprint density at radius 3 is 2.52 bits per heavy atom. The Hall–Kier alpha value is -1.99. The zero-order valence-electron chi connectivity index (χ0n) is 16.8. The number of para-hydroxylation sites is 1. The molecule has 2 unspecified atom stereocenters. The maximum absolute atomic E-state index is 14.3. The summed E-state index contributed by atoms with van der Waals surface area (Å²) >= 11 is 0. The predicted octanol–water partition coefficient (Wildman–Crippen LogP) is 3.59. The second kappa shape index (κ2) is 8.79. The van der Waals surface area contributed by atoms with Crippen LogP contribution in [0.5, 0.6) is 0 Å². The molecule has 29 heavy (non-hydrogen) atoms. The SMILES string of the molecule is CC(C)c1nc(C(=O)NC2C3CCCC2CC(N)C3)nn1-c1ccccc1F.Cl. The normalized spacial score (nSPS) is 26.1. The molecule has 3 N–H and O–H groups in total. The van der Waals surface area contributed by atoms with Crippen LogP contribution < -0.4 is 11.1 Å². The van der Waals surface area contributed by atoms with Crippen molar-refractivity contribution in [2.45, 2.75) is 64.0 Å². The van der Waals surface area contributed by atoms with E-state index in [1.54, 1.807) is 18.2 Å². The first-order valence-corrected chi connectivity index (χ1v) is 10.2. The van der Waals surface area contributed by atoms with E-state index in [1.165, 1.54) is 17.2 Å². The van der Waals surface area contributed by atoms with Crippen LogP contribution in [-0.4, -0.2) is 32.8 Å². The van der Waals surface area contributed by atoms with E-state index >= 15 is 0 Å². The van der Waals surface area contributed by atoms with Gasteiger partial charge < -0.3 is 11.1 Å². The topological polar surface area (TPSA) is 85.8 Å². The minimum absolute atomic E-state index is 0. The van der Waals surface area contributed by atoms with Gasteiger partial charge in [-0.3, -0.25) is 4.79 Å². The van der Waals surface area contributed by atoms with Crippen LogP contribution in [0, 0.1) is 17.7 Å². The maximum Gasteiger partial charge on any atom is 0.291 e. The highest BCUT2D eigenvalue weighted by molar-refractivity contribution is 5.90. The van der Waals surface area contributed by atoms with Crippen molar-refractivity contribution in [3.63, 3.8) is 0 Å². The Bertz CT molecular complexity index is 857. The van der Waals surface area contributed by atoms with E-state index in [0.29, 0.717) is 23.3 Å². The van der Waals surface area contributed by atoms with Gasteiger partial charge in [-0.15, -0.1) is 17.5 Å². The van der Waals surface area contributed by atoms with Crippen LogP contribution in [-0.2, 0) is 0 Å². The van der Waals surface area contributed by atoms with Crippen LogP contribution in [0.1, 0.15) is 68.3 Å². The zero-order chi connectivity index (χ0) is 19.8. The maximum atomic E-state index is 14.3. The van der Waals surface area contributed by atoms with Crippen LogP contribution in [0.15, 0.2) is 24.3 Å². The smallest absolute Gasteiger partial charge is 0.291 e. The molecule has 2 fully saturated rings. The number of hydrogen-bond acceptors (Lipinski definition) is 4. The predicted molar refractivity (Wildman–Crippen MR) is 112 cm³/mol. The molecule has 0 saturated heterocycles. The summed E-state index contributed by atoms with van der Waals surface area (Å²) in [4.78, 5) is 17.4. The number of rotatable bonds is 4. The number of nitrogens with zero attached hydrogens (tertiary/aromatic N) is 3. The lowest BCUT2D eigenvalue weighted by Gasteiger charge is -2.45. The summed E-state index contributed by atoms with van der Waals surface area (Å²) in [6.45, 7) is 3.91. The number of carbonyl (C=O) groups excluding carboxylic acids is 1. The van der Waals surface area contributed by atoms with Gasteiger partial charge in [0.2, 0.25) is 5.82 Å². The van der Waals surface area contributed by atoms with Gasteiger partial charge in [-0.25, -0.2) is 14.1 Å². The van der Waals surface area contributed by atoms with E-state index < -0.39 is 5.82 Å². The Balaban J connectivity index is 0.00000240. The summed E-state index contributed by atoms with van der Waals surface area (Å²) in [5.41, 5.74) is 6.49. The molecule has 158 valence electrons. The second-order valence-corrected chi connectivity index (χ2v) is 8.49. The van der Waals surface area contributed by atoms with Crippen molar-refractivity contribution in [1.29, 1.82) is 0 Å². The third-order valence-electron chi connectivity index (χ3n) is 6.11. The number of nitrogens with two attached hydrogens (primary N) is 1.